The minimum atomic E-state index is -3.57. The summed E-state index contributed by atoms with van der Waals surface area (Å²) in [5.41, 5.74) is 3.77. The zero-order valence-corrected chi connectivity index (χ0v) is 16.4. The Morgan fingerprint density at radius 1 is 1.07 bits per heavy atom. The van der Waals surface area contributed by atoms with Crippen LogP contribution in [0, 0.1) is 19.8 Å². The molecule has 2 aliphatic rings. The van der Waals surface area contributed by atoms with E-state index in [1.165, 1.54) is 22.9 Å². The van der Waals surface area contributed by atoms with Crippen LogP contribution in [0.25, 0.3) is 0 Å². The van der Waals surface area contributed by atoms with Gasteiger partial charge in [-0.25, -0.2) is 13.1 Å². The fraction of sp³-hybridized carbons (Fsp3) is 0.400. The molecular formula is C20H24N2O4S. The van der Waals surface area contributed by atoms with Gasteiger partial charge in [0, 0.05) is 31.4 Å². The van der Waals surface area contributed by atoms with Crippen LogP contribution in [0.15, 0.2) is 41.3 Å². The highest BCUT2D eigenvalue weighted by molar-refractivity contribution is 7.89. The number of nitrogens with zero attached hydrogens (tertiary/aromatic N) is 1. The van der Waals surface area contributed by atoms with Crippen molar-refractivity contribution >= 4 is 15.7 Å². The lowest BCUT2D eigenvalue weighted by Gasteiger charge is -2.20. The van der Waals surface area contributed by atoms with Gasteiger partial charge in [0.05, 0.1) is 4.90 Å². The summed E-state index contributed by atoms with van der Waals surface area (Å²) in [7, 11) is -3.57. The van der Waals surface area contributed by atoms with Gasteiger partial charge in [0.25, 0.3) is 0 Å². The molecule has 0 amide bonds. The van der Waals surface area contributed by atoms with Crippen molar-refractivity contribution in [3.8, 4) is 11.5 Å². The highest BCUT2D eigenvalue weighted by atomic mass is 32.2. The van der Waals surface area contributed by atoms with E-state index in [1.54, 1.807) is 12.1 Å². The molecule has 0 aromatic heterocycles. The zero-order chi connectivity index (χ0) is 19.0. The smallest absolute Gasteiger partial charge is 0.240 e. The summed E-state index contributed by atoms with van der Waals surface area (Å²) in [6.45, 7) is 6.58. The summed E-state index contributed by atoms with van der Waals surface area (Å²) in [6.07, 6.45) is 0.969. The van der Waals surface area contributed by atoms with E-state index in [2.05, 4.69) is 41.7 Å². The van der Waals surface area contributed by atoms with Gasteiger partial charge in [0.1, 0.15) is 0 Å². The van der Waals surface area contributed by atoms with Gasteiger partial charge in [-0.05, 0) is 61.6 Å². The Hall–Kier alpha value is -2.25. The number of benzene rings is 2. The summed E-state index contributed by atoms with van der Waals surface area (Å²) in [6, 6.07) is 11.2. The molecule has 144 valence electrons. The van der Waals surface area contributed by atoms with Crippen molar-refractivity contribution in [2.24, 2.45) is 5.92 Å². The van der Waals surface area contributed by atoms with Gasteiger partial charge in [0.15, 0.2) is 11.5 Å². The van der Waals surface area contributed by atoms with E-state index in [1.807, 2.05) is 0 Å². The standard InChI is InChI=1S/C20H24N2O4S/c1-14-3-4-17(9-15(14)2)22-8-7-16(12-22)11-21-27(23,24)18-5-6-19-20(10-18)26-13-25-19/h3-6,9-10,16,21H,7-8,11-13H2,1-2H3. The minimum absolute atomic E-state index is 0.128. The van der Waals surface area contributed by atoms with Crippen molar-refractivity contribution in [1.82, 2.24) is 4.72 Å². The maximum absolute atomic E-state index is 12.6. The Labute approximate surface area is 160 Å². The SMILES string of the molecule is Cc1ccc(N2CCC(CNS(=O)(=O)c3ccc4c(c3)OCO4)C2)cc1C. The summed E-state index contributed by atoms with van der Waals surface area (Å²) in [5.74, 6) is 1.34. The molecule has 1 N–H and O–H groups in total. The van der Waals surface area contributed by atoms with E-state index in [0.29, 0.717) is 18.0 Å². The first kappa shape index (κ1) is 18.1. The molecule has 2 aromatic carbocycles. The Bertz CT molecular complexity index is 958. The lowest BCUT2D eigenvalue weighted by molar-refractivity contribution is 0.174. The van der Waals surface area contributed by atoms with Crippen LogP contribution in [-0.4, -0.2) is 34.8 Å². The molecule has 0 radical (unpaired) electrons. The number of hydrogen-bond acceptors (Lipinski definition) is 5. The Balaban J connectivity index is 1.38. The molecule has 2 heterocycles. The average molecular weight is 388 g/mol. The molecule has 0 bridgehead atoms. The molecule has 0 aliphatic carbocycles. The van der Waals surface area contributed by atoms with Crippen molar-refractivity contribution < 1.29 is 17.9 Å². The minimum Gasteiger partial charge on any atom is -0.454 e. The Kier molecular flexibility index (Phi) is 4.74. The number of sulfonamides is 1. The quantitative estimate of drug-likeness (QED) is 0.853. The average Bonchev–Trinajstić information content (AvgIpc) is 3.31. The number of aryl methyl sites for hydroxylation is 2. The van der Waals surface area contributed by atoms with Crippen molar-refractivity contribution in [1.29, 1.82) is 0 Å². The molecular weight excluding hydrogens is 364 g/mol. The van der Waals surface area contributed by atoms with Crippen LogP contribution in [0.5, 0.6) is 11.5 Å². The van der Waals surface area contributed by atoms with E-state index in [-0.39, 0.29) is 17.6 Å². The van der Waals surface area contributed by atoms with E-state index in [0.717, 1.165) is 19.5 Å². The van der Waals surface area contributed by atoms with E-state index in [9.17, 15) is 8.42 Å². The molecule has 2 aliphatic heterocycles. The van der Waals surface area contributed by atoms with E-state index < -0.39 is 10.0 Å². The van der Waals surface area contributed by atoms with Crippen LogP contribution in [0.1, 0.15) is 17.5 Å². The van der Waals surface area contributed by atoms with Gasteiger partial charge in [-0.2, -0.15) is 0 Å². The maximum atomic E-state index is 12.6. The lowest BCUT2D eigenvalue weighted by Crippen LogP contribution is -2.31. The molecule has 0 spiro atoms. The predicted octanol–water partition coefficient (Wildman–Crippen LogP) is 2.84. The van der Waals surface area contributed by atoms with Crippen LogP contribution in [0.4, 0.5) is 5.69 Å². The third kappa shape index (κ3) is 3.75. The Morgan fingerprint density at radius 3 is 2.70 bits per heavy atom. The molecule has 6 nitrogen and oxygen atoms in total. The molecule has 1 fully saturated rings. The Morgan fingerprint density at radius 2 is 1.89 bits per heavy atom. The number of anilines is 1. The predicted molar refractivity (Wildman–Crippen MR) is 104 cm³/mol. The van der Waals surface area contributed by atoms with E-state index >= 15 is 0 Å². The van der Waals surface area contributed by atoms with Crippen LogP contribution < -0.4 is 19.1 Å². The molecule has 4 rings (SSSR count). The zero-order valence-electron chi connectivity index (χ0n) is 15.6. The summed E-state index contributed by atoms with van der Waals surface area (Å²) in [4.78, 5) is 2.53. The monoisotopic (exact) mass is 388 g/mol. The molecule has 2 aromatic rings. The van der Waals surface area contributed by atoms with Crippen molar-refractivity contribution in [2.75, 3.05) is 31.3 Å². The van der Waals surface area contributed by atoms with Crippen molar-refractivity contribution in [3.63, 3.8) is 0 Å². The normalized spacial score (nSPS) is 18.9. The number of rotatable bonds is 5. The van der Waals surface area contributed by atoms with Crippen LogP contribution in [0.2, 0.25) is 0 Å². The van der Waals surface area contributed by atoms with Gasteiger partial charge >= 0.3 is 0 Å². The van der Waals surface area contributed by atoms with Gasteiger partial charge in [-0.1, -0.05) is 6.07 Å². The number of hydrogen-bond donors (Lipinski definition) is 1. The highest BCUT2D eigenvalue weighted by Gasteiger charge is 2.26. The molecule has 1 saturated heterocycles. The largest absolute Gasteiger partial charge is 0.454 e. The van der Waals surface area contributed by atoms with Gasteiger partial charge in [-0.3, -0.25) is 0 Å². The first-order valence-electron chi connectivity index (χ1n) is 9.14. The molecule has 7 heteroatoms. The van der Waals surface area contributed by atoms with Crippen LogP contribution >= 0.6 is 0 Å². The second-order valence-electron chi connectivity index (χ2n) is 7.24. The first-order valence-corrected chi connectivity index (χ1v) is 10.6. The molecule has 1 atom stereocenters. The van der Waals surface area contributed by atoms with Crippen molar-refractivity contribution in [3.05, 3.63) is 47.5 Å². The van der Waals surface area contributed by atoms with Crippen LogP contribution in [-0.2, 0) is 10.0 Å². The van der Waals surface area contributed by atoms with Gasteiger partial charge in [-0.15, -0.1) is 0 Å². The summed E-state index contributed by atoms with van der Waals surface area (Å²) < 4.78 is 38.5. The summed E-state index contributed by atoms with van der Waals surface area (Å²) in [5, 5.41) is 0. The number of fused-ring (bicyclic) bond motifs is 1. The van der Waals surface area contributed by atoms with Crippen LogP contribution in [0.3, 0.4) is 0 Å². The summed E-state index contributed by atoms with van der Waals surface area (Å²) >= 11 is 0. The highest BCUT2D eigenvalue weighted by Crippen LogP contribution is 2.34. The van der Waals surface area contributed by atoms with E-state index in [4.69, 9.17) is 9.47 Å². The molecule has 27 heavy (non-hydrogen) atoms. The van der Waals surface area contributed by atoms with Gasteiger partial charge in [0.2, 0.25) is 16.8 Å². The fourth-order valence-electron chi connectivity index (χ4n) is 3.51. The molecule has 0 saturated carbocycles. The van der Waals surface area contributed by atoms with Gasteiger partial charge < -0.3 is 14.4 Å². The fourth-order valence-corrected chi connectivity index (χ4v) is 4.64. The second kappa shape index (κ2) is 7.05. The number of nitrogens with one attached hydrogen (secondary N) is 1. The van der Waals surface area contributed by atoms with Crippen molar-refractivity contribution in [2.45, 2.75) is 25.2 Å². The first-order chi connectivity index (χ1) is 12.9. The maximum Gasteiger partial charge on any atom is 0.240 e. The number of ether oxygens (including phenoxy) is 2. The topological polar surface area (TPSA) is 67.9 Å². The molecule has 1 unspecified atom stereocenters. The third-order valence-electron chi connectivity index (χ3n) is 5.36. The second-order valence-corrected chi connectivity index (χ2v) is 9.00. The lowest BCUT2D eigenvalue weighted by atomic mass is 10.1. The third-order valence-corrected chi connectivity index (χ3v) is 6.78.